The molecule has 1 fully saturated rings. The molecule has 2 aliphatic rings. The summed E-state index contributed by atoms with van der Waals surface area (Å²) in [5.74, 6) is -0.293. The van der Waals surface area contributed by atoms with Crippen molar-refractivity contribution >= 4 is 41.0 Å². The number of hydrogen-bond acceptors (Lipinski definition) is 4. The van der Waals surface area contributed by atoms with Crippen molar-refractivity contribution in [2.75, 3.05) is 5.32 Å². The molecule has 2 heterocycles. The van der Waals surface area contributed by atoms with Crippen molar-refractivity contribution in [2.24, 2.45) is 5.10 Å². The molecule has 1 aromatic rings. The van der Waals surface area contributed by atoms with Crippen LogP contribution in [0.25, 0.3) is 0 Å². The third-order valence-electron chi connectivity index (χ3n) is 3.59. The van der Waals surface area contributed by atoms with Crippen LogP contribution in [-0.2, 0) is 9.59 Å². The summed E-state index contributed by atoms with van der Waals surface area (Å²) in [4.78, 5) is 37.6. The Hall–Kier alpha value is -2.41. The van der Waals surface area contributed by atoms with Gasteiger partial charge in [0, 0.05) is 17.1 Å². The number of fused-ring (bicyclic) bond motifs is 1. The molecule has 0 aliphatic carbocycles. The van der Waals surface area contributed by atoms with Gasteiger partial charge in [-0.05, 0) is 37.6 Å². The average Bonchev–Trinajstić information content (AvgIpc) is 2.88. The van der Waals surface area contributed by atoms with Gasteiger partial charge in [-0.3, -0.25) is 14.5 Å². The number of benzene rings is 1. The summed E-state index contributed by atoms with van der Waals surface area (Å²) in [6, 6.07) is 5.20. The zero-order valence-electron chi connectivity index (χ0n) is 11.7. The van der Waals surface area contributed by atoms with Gasteiger partial charge >= 0.3 is 6.03 Å². The summed E-state index contributed by atoms with van der Waals surface area (Å²) in [6.45, 7) is 1.60. The maximum absolute atomic E-state index is 12.3. The third kappa shape index (κ3) is 2.43. The number of carbonyl (C=O) groups excluding carboxylic acids is 3. The molecule has 114 valence electrons. The number of rotatable bonds is 1. The van der Waals surface area contributed by atoms with Crippen molar-refractivity contribution in [3.05, 3.63) is 29.3 Å². The van der Waals surface area contributed by atoms with Crippen molar-refractivity contribution in [3.63, 3.8) is 0 Å². The largest absolute Gasteiger partial charge is 0.349 e. The summed E-state index contributed by atoms with van der Waals surface area (Å²) < 4.78 is 0. The molecule has 8 heteroatoms. The first-order valence-electron chi connectivity index (χ1n) is 6.75. The van der Waals surface area contributed by atoms with Crippen LogP contribution in [0, 0.1) is 0 Å². The van der Waals surface area contributed by atoms with E-state index in [4.69, 9.17) is 11.6 Å². The molecule has 1 atom stereocenters. The van der Waals surface area contributed by atoms with Crippen LogP contribution in [0.2, 0.25) is 5.02 Å². The molecule has 3 rings (SSSR count). The zero-order chi connectivity index (χ0) is 15.9. The van der Waals surface area contributed by atoms with E-state index in [0.717, 1.165) is 5.01 Å². The number of amidine groups is 1. The standard InChI is InChI=1S/C14H13ClN4O3/c1-8-17-19(13(21)11-6-7-12(20)18(8)11)14(22)16-10-4-2-9(15)3-5-10/h2-5,11H,6-7H2,1H3,(H,16,22)/t11-/m1/s1. The predicted octanol–water partition coefficient (Wildman–Crippen LogP) is 2.04. The topological polar surface area (TPSA) is 82.1 Å². The first-order chi connectivity index (χ1) is 10.5. The number of amides is 4. The van der Waals surface area contributed by atoms with Crippen LogP contribution in [0.3, 0.4) is 0 Å². The van der Waals surface area contributed by atoms with Gasteiger partial charge in [-0.25, -0.2) is 4.79 Å². The minimum Gasteiger partial charge on any atom is -0.306 e. The number of hydrazone groups is 1. The van der Waals surface area contributed by atoms with E-state index in [0.29, 0.717) is 23.0 Å². The molecular weight excluding hydrogens is 308 g/mol. The van der Waals surface area contributed by atoms with Crippen LogP contribution < -0.4 is 5.32 Å². The molecule has 4 amide bonds. The number of halogens is 1. The van der Waals surface area contributed by atoms with Gasteiger partial charge in [0.1, 0.15) is 11.9 Å². The summed E-state index contributed by atoms with van der Waals surface area (Å²) in [7, 11) is 0. The van der Waals surface area contributed by atoms with Crippen LogP contribution in [0.15, 0.2) is 29.4 Å². The molecule has 0 bridgehead atoms. The molecule has 0 aromatic heterocycles. The van der Waals surface area contributed by atoms with Crippen LogP contribution in [0.5, 0.6) is 0 Å². The minimum absolute atomic E-state index is 0.141. The summed E-state index contributed by atoms with van der Waals surface area (Å²) in [5, 5.41) is 7.84. The van der Waals surface area contributed by atoms with Crippen molar-refractivity contribution in [2.45, 2.75) is 25.8 Å². The van der Waals surface area contributed by atoms with Gasteiger partial charge in [-0.15, -0.1) is 10.1 Å². The second kappa shape index (κ2) is 5.42. The Morgan fingerprint density at radius 1 is 1.32 bits per heavy atom. The zero-order valence-corrected chi connectivity index (χ0v) is 12.5. The highest BCUT2D eigenvalue weighted by atomic mass is 35.5. The number of imide groups is 1. The summed E-state index contributed by atoms with van der Waals surface area (Å²) in [5.41, 5.74) is 0.500. The van der Waals surface area contributed by atoms with Gasteiger partial charge in [-0.2, -0.15) is 0 Å². The lowest BCUT2D eigenvalue weighted by Gasteiger charge is -2.31. The van der Waals surface area contributed by atoms with Crippen LogP contribution in [0.4, 0.5) is 10.5 Å². The monoisotopic (exact) mass is 320 g/mol. The normalized spacial score (nSPS) is 20.8. The van der Waals surface area contributed by atoms with E-state index < -0.39 is 18.0 Å². The van der Waals surface area contributed by atoms with Crippen LogP contribution in [0.1, 0.15) is 19.8 Å². The number of hydrogen-bond donors (Lipinski definition) is 1. The Morgan fingerprint density at radius 2 is 2.00 bits per heavy atom. The molecule has 1 saturated heterocycles. The Balaban J connectivity index is 1.81. The molecule has 0 saturated carbocycles. The Kier molecular flexibility index (Phi) is 3.58. The minimum atomic E-state index is -0.661. The lowest BCUT2D eigenvalue weighted by Crippen LogP contribution is -2.54. The van der Waals surface area contributed by atoms with Crippen molar-refractivity contribution < 1.29 is 14.4 Å². The van der Waals surface area contributed by atoms with Crippen LogP contribution in [-0.4, -0.2) is 39.6 Å². The predicted molar refractivity (Wildman–Crippen MR) is 80.3 cm³/mol. The van der Waals surface area contributed by atoms with Gasteiger partial charge in [0.15, 0.2) is 0 Å². The number of nitrogens with one attached hydrogen (secondary N) is 1. The van der Waals surface area contributed by atoms with E-state index in [1.807, 2.05) is 0 Å². The van der Waals surface area contributed by atoms with E-state index in [9.17, 15) is 14.4 Å². The molecule has 0 radical (unpaired) electrons. The van der Waals surface area contributed by atoms with Gasteiger partial charge < -0.3 is 5.32 Å². The van der Waals surface area contributed by atoms with E-state index in [1.54, 1.807) is 31.2 Å². The lowest BCUT2D eigenvalue weighted by molar-refractivity contribution is -0.137. The molecule has 1 aromatic carbocycles. The summed E-state index contributed by atoms with van der Waals surface area (Å²) >= 11 is 5.78. The van der Waals surface area contributed by atoms with E-state index in [2.05, 4.69) is 10.4 Å². The molecule has 1 N–H and O–H groups in total. The van der Waals surface area contributed by atoms with Gasteiger partial charge in [0.25, 0.3) is 5.91 Å². The van der Waals surface area contributed by atoms with Crippen molar-refractivity contribution in [1.82, 2.24) is 9.91 Å². The molecule has 22 heavy (non-hydrogen) atoms. The van der Waals surface area contributed by atoms with E-state index in [-0.39, 0.29) is 12.3 Å². The lowest BCUT2D eigenvalue weighted by atomic mass is 10.2. The quantitative estimate of drug-likeness (QED) is 0.859. The van der Waals surface area contributed by atoms with Crippen LogP contribution >= 0.6 is 11.6 Å². The maximum atomic E-state index is 12.3. The SMILES string of the molecule is CC1=NN(C(=O)Nc2ccc(Cl)cc2)C(=O)[C@H]2CCC(=O)N12. The Bertz CT molecular complexity index is 686. The fourth-order valence-corrected chi connectivity index (χ4v) is 2.69. The number of anilines is 1. The second-order valence-corrected chi connectivity index (χ2v) is 5.49. The average molecular weight is 321 g/mol. The maximum Gasteiger partial charge on any atom is 0.349 e. The van der Waals surface area contributed by atoms with Gasteiger partial charge in [0.2, 0.25) is 5.91 Å². The Labute approximate surface area is 131 Å². The highest BCUT2D eigenvalue weighted by molar-refractivity contribution is 6.30. The molecule has 0 spiro atoms. The highest BCUT2D eigenvalue weighted by Crippen LogP contribution is 2.25. The third-order valence-corrected chi connectivity index (χ3v) is 3.84. The number of urea groups is 1. The molecule has 7 nitrogen and oxygen atoms in total. The van der Waals surface area contributed by atoms with Crippen molar-refractivity contribution in [1.29, 1.82) is 0 Å². The second-order valence-electron chi connectivity index (χ2n) is 5.05. The number of nitrogens with zero attached hydrogens (tertiary/aromatic N) is 3. The first-order valence-corrected chi connectivity index (χ1v) is 7.13. The summed E-state index contributed by atoms with van der Waals surface area (Å²) in [6.07, 6.45) is 0.686. The first kappa shape index (κ1) is 14.5. The van der Waals surface area contributed by atoms with Gasteiger partial charge in [0.05, 0.1) is 0 Å². The smallest absolute Gasteiger partial charge is 0.306 e. The highest BCUT2D eigenvalue weighted by Gasteiger charge is 2.45. The molecular formula is C14H13ClN4O3. The fourth-order valence-electron chi connectivity index (χ4n) is 2.56. The van der Waals surface area contributed by atoms with Crippen molar-refractivity contribution in [3.8, 4) is 0 Å². The van der Waals surface area contributed by atoms with E-state index >= 15 is 0 Å². The Morgan fingerprint density at radius 3 is 2.68 bits per heavy atom. The number of carbonyl (C=O) groups is 3. The molecule has 2 aliphatic heterocycles. The fraction of sp³-hybridized carbons (Fsp3) is 0.286. The van der Waals surface area contributed by atoms with Gasteiger partial charge in [-0.1, -0.05) is 11.6 Å². The molecule has 0 unspecified atom stereocenters. The van der Waals surface area contributed by atoms with E-state index in [1.165, 1.54) is 4.90 Å².